The standard InChI is InChI=1S/C13H17BrN4/c1-8-6-10(7-9(2)12(8)14)13(17-15)11-4-5-16-18(11)3/h4-7,13,17H,15H2,1-3H3. The predicted octanol–water partition coefficient (Wildman–Crippen LogP) is 2.35. The van der Waals surface area contributed by atoms with Gasteiger partial charge in [0.25, 0.3) is 0 Å². The molecule has 0 amide bonds. The van der Waals surface area contributed by atoms with Gasteiger partial charge in [0.1, 0.15) is 0 Å². The number of aromatic nitrogens is 2. The smallest absolute Gasteiger partial charge is 0.0878 e. The molecule has 0 bridgehead atoms. The molecule has 1 aromatic carbocycles. The normalized spacial score (nSPS) is 12.7. The summed E-state index contributed by atoms with van der Waals surface area (Å²) in [5, 5.41) is 4.19. The van der Waals surface area contributed by atoms with Crippen molar-refractivity contribution in [3.63, 3.8) is 0 Å². The van der Waals surface area contributed by atoms with Crippen molar-refractivity contribution in [1.82, 2.24) is 15.2 Å². The van der Waals surface area contributed by atoms with E-state index in [9.17, 15) is 0 Å². The third kappa shape index (κ3) is 2.34. The van der Waals surface area contributed by atoms with E-state index in [1.807, 2.05) is 17.8 Å². The monoisotopic (exact) mass is 308 g/mol. The summed E-state index contributed by atoms with van der Waals surface area (Å²) in [6.45, 7) is 4.16. The Labute approximate surface area is 115 Å². The average molecular weight is 309 g/mol. The van der Waals surface area contributed by atoms with E-state index in [1.165, 1.54) is 11.1 Å². The van der Waals surface area contributed by atoms with Crippen LogP contribution in [-0.2, 0) is 7.05 Å². The highest BCUT2D eigenvalue weighted by atomic mass is 79.9. The Balaban J connectivity index is 2.49. The Morgan fingerprint density at radius 3 is 2.39 bits per heavy atom. The number of nitrogens with one attached hydrogen (secondary N) is 1. The lowest BCUT2D eigenvalue weighted by Gasteiger charge is -2.18. The molecule has 0 fully saturated rings. The first kappa shape index (κ1) is 13.3. The number of aryl methyl sites for hydroxylation is 3. The van der Waals surface area contributed by atoms with E-state index in [0.29, 0.717) is 0 Å². The van der Waals surface area contributed by atoms with E-state index in [2.05, 4.69) is 52.4 Å². The van der Waals surface area contributed by atoms with Gasteiger partial charge in [-0.25, -0.2) is 5.43 Å². The summed E-state index contributed by atoms with van der Waals surface area (Å²) >= 11 is 3.58. The number of nitrogens with two attached hydrogens (primary N) is 1. The van der Waals surface area contributed by atoms with Gasteiger partial charge in [-0.3, -0.25) is 10.5 Å². The summed E-state index contributed by atoms with van der Waals surface area (Å²) in [5.74, 6) is 5.70. The lowest BCUT2D eigenvalue weighted by atomic mass is 9.99. The van der Waals surface area contributed by atoms with Crippen LogP contribution in [-0.4, -0.2) is 9.78 Å². The molecule has 4 nitrogen and oxygen atoms in total. The van der Waals surface area contributed by atoms with Gasteiger partial charge in [-0.15, -0.1) is 0 Å². The van der Waals surface area contributed by atoms with Crippen molar-refractivity contribution in [2.45, 2.75) is 19.9 Å². The summed E-state index contributed by atoms with van der Waals surface area (Å²) in [4.78, 5) is 0. The Hall–Kier alpha value is -1.17. The summed E-state index contributed by atoms with van der Waals surface area (Å²) in [7, 11) is 1.91. The Morgan fingerprint density at radius 2 is 1.94 bits per heavy atom. The van der Waals surface area contributed by atoms with Crippen LogP contribution in [0.5, 0.6) is 0 Å². The first-order chi connectivity index (χ1) is 8.54. The van der Waals surface area contributed by atoms with Gasteiger partial charge in [0.05, 0.1) is 11.7 Å². The minimum atomic E-state index is -0.0528. The zero-order valence-electron chi connectivity index (χ0n) is 10.7. The first-order valence-electron chi connectivity index (χ1n) is 5.75. The van der Waals surface area contributed by atoms with Gasteiger partial charge in [0.15, 0.2) is 0 Å². The van der Waals surface area contributed by atoms with Crippen molar-refractivity contribution in [3.8, 4) is 0 Å². The predicted molar refractivity (Wildman–Crippen MR) is 76.0 cm³/mol. The van der Waals surface area contributed by atoms with Crippen molar-refractivity contribution in [3.05, 3.63) is 51.3 Å². The topological polar surface area (TPSA) is 55.9 Å². The summed E-state index contributed by atoms with van der Waals surface area (Å²) in [5.41, 5.74) is 7.44. The van der Waals surface area contributed by atoms with E-state index >= 15 is 0 Å². The first-order valence-corrected chi connectivity index (χ1v) is 6.54. The van der Waals surface area contributed by atoms with Crippen molar-refractivity contribution < 1.29 is 0 Å². The molecular formula is C13H17BrN4. The van der Waals surface area contributed by atoms with Gasteiger partial charge >= 0.3 is 0 Å². The molecule has 0 spiro atoms. The van der Waals surface area contributed by atoms with Crippen LogP contribution in [0.15, 0.2) is 28.9 Å². The fraction of sp³-hybridized carbons (Fsp3) is 0.308. The maximum atomic E-state index is 5.70. The van der Waals surface area contributed by atoms with Crippen LogP contribution >= 0.6 is 15.9 Å². The maximum Gasteiger partial charge on any atom is 0.0878 e. The Bertz CT molecular complexity index is 539. The molecule has 1 atom stereocenters. The molecule has 18 heavy (non-hydrogen) atoms. The quantitative estimate of drug-likeness (QED) is 0.676. The molecule has 96 valence electrons. The van der Waals surface area contributed by atoms with Crippen LogP contribution < -0.4 is 11.3 Å². The zero-order chi connectivity index (χ0) is 13.3. The van der Waals surface area contributed by atoms with Gasteiger partial charge < -0.3 is 0 Å². The van der Waals surface area contributed by atoms with E-state index in [4.69, 9.17) is 5.84 Å². The van der Waals surface area contributed by atoms with Crippen LogP contribution in [0.4, 0.5) is 0 Å². The third-order valence-electron chi connectivity index (χ3n) is 3.11. The number of nitrogens with zero attached hydrogens (tertiary/aromatic N) is 2. The third-order valence-corrected chi connectivity index (χ3v) is 4.36. The molecule has 0 saturated heterocycles. The minimum Gasteiger partial charge on any atom is -0.271 e. The Kier molecular flexibility index (Phi) is 3.85. The molecule has 5 heteroatoms. The van der Waals surface area contributed by atoms with Crippen molar-refractivity contribution >= 4 is 15.9 Å². The highest BCUT2D eigenvalue weighted by molar-refractivity contribution is 9.10. The molecule has 1 aromatic heterocycles. The molecule has 1 unspecified atom stereocenters. The molecule has 2 aromatic rings. The molecule has 3 N–H and O–H groups in total. The van der Waals surface area contributed by atoms with Gasteiger partial charge in [-0.05, 0) is 36.6 Å². The molecule has 0 saturated carbocycles. The average Bonchev–Trinajstić information content (AvgIpc) is 2.74. The van der Waals surface area contributed by atoms with Gasteiger partial charge in [-0.1, -0.05) is 28.1 Å². The van der Waals surface area contributed by atoms with Crippen molar-refractivity contribution in [2.24, 2.45) is 12.9 Å². The van der Waals surface area contributed by atoms with Crippen LogP contribution in [0.3, 0.4) is 0 Å². The van der Waals surface area contributed by atoms with E-state index in [-0.39, 0.29) is 6.04 Å². The molecular weight excluding hydrogens is 292 g/mol. The number of halogens is 1. The number of hydrazine groups is 1. The highest BCUT2D eigenvalue weighted by Gasteiger charge is 2.17. The molecule has 0 aliphatic rings. The van der Waals surface area contributed by atoms with E-state index < -0.39 is 0 Å². The van der Waals surface area contributed by atoms with Crippen LogP contribution in [0.1, 0.15) is 28.4 Å². The maximum absolute atomic E-state index is 5.70. The van der Waals surface area contributed by atoms with Gasteiger partial charge in [-0.2, -0.15) is 5.10 Å². The number of hydrogen-bond acceptors (Lipinski definition) is 3. The van der Waals surface area contributed by atoms with Gasteiger partial charge in [0.2, 0.25) is 0 Å². The molecule has 1 heterocycles. The fourth-order valence-corrected chi connectivity index (χ4v) is 2.39. The summed E-state index contributed by atoms with van der Waals surface area (Å²) < 4.78 is 2.98. The molecule has 0 aliphatic carbocycles. The van der Waals surface area contributed by atoms with E-state index in [0.717, 1.165) is 15.7 Å². The number of benzene rings is 1. The SMILES string of the molecule is Cc1cc(C(NN)c2ccnn2C)cc(C)c1Br. The summed E-state index contributed by atoms with van der Waals surface area (Å²) in [6.07, 6.45) is 1.78. The second-order valence-corrected chi connectivity index (χ2v) is 5.24. The van der Waals surface area contributed by atoms with Gasteiger partial charge in [0, 0.05) is 17.7 Å². The Morgan fingerprint density at radius 1 is 1.33 bits per heavy atom. The largest absolute Gasteiger partial charge is 0.271 e. The highest BCUT2D eigenvalue weighted by Crippen LogP contribution is 2.28. The van der Waals surface area contributed by atoms with Crippen molar-refractivity contribution in [1.29, 1.82) is 0 Å². The van der Waals surface area contributed by atoms with Crippen LogP contribution in [0.2, 0.25) is 0 Å². The van der Waals surface area contributed by atoms with E-state index in [1.54, 1.807) is 6.20 Å². The van der Waals surface area contributed by atoms with Crippen LogP contribution in [0, 0.1) is 13.8 Å². The second kappa shape index (κ2) is 5.22. The van der Waals surface area contributed by atoms with Crippen molar-refractivity contribution in [2.75, 3.05) is 0 Å². The number of rotatable bonds is 3. The number of hydrogen-bond donors (Lipinski definition) is 2. The minimum absolute atomic E-state index is 0.0528. The van der Waals surface area contributed by atoms with Crippen LogP contribution in [0.25, 0.3) is 0 Å². The lowest BCUT2D eigenvalue weighted by molar-refractivity contribution is 0.574. The molecule has 0 aliphatic heterocycles. The lowest BCUT2D eigenvalue weighted by Crippen LogP contribution is -2.30. The zero-order valence-corrected chi connectivity index (χ0v) is 12.3. The second-order valence-electron chi connectivity index (χ2n) is 4.45. The summed E-state index contributed by atoms with van der Waals surface area (Å²) in [6, 6.07) is 6.18. The molecule has 2 rings (SSSR count). The fourth-order valence-electron chi connectivity index (χ4n) is 2.17. The molecule has 0 radical (unpaired) electrons.